The minimum atomic E-state index is 0. The second kappa shape index (κ2) is 5.12. The summed E-state index contributed by atoms with van der Waals surface area (Å²) in [5.41, 5.74) is 6.77. The van der Waals surface area contributed by atoms with Crippen molar-refractivity contribution in [2.45, 2.75) is 12.5 Å². The second-order valence-electron chi connectivity index (χ2n) is 4.33. The number of aliphatic hydroxyl groups is 1. The number of allylic oxidation sites excluding steroid dienone is 1. The SMILES string of the molecule is Nc1nc(Cl)c2ncn(C3C=CC(CO)C3)c2n1.O. The number of halogens is 1. The van der Waals surface area contributed by atoms with Crippen molar-refractivity contribution in [3.63, 3.8) is 0 Å². The fourth-order valence-corrected chi connectivity index (χ4v) is 2.45. The topological polar surface area (TPSA) is 121 Å². The molecule has 2 heterocycles. The quantitative estimate of drug-likeness (QED) is 0.608. The standard InChI is InChI=1S/C11H12ClN5O.H2O/c12-9-8-10(16-11(13)15-9)17(5-14-8)7-2-1-6(3-7)4-18;/h1-2,5-7,18H,3-4H2,(H2,13,15,16);1H2. The Labute approximate surface area is 114 Å². The molecule has 0 saturated heterocycles. The van der Waals surface area contributed by atoms with Gasteiger partial charge in [-0.1, -0.05) is 23.8 Å². The van der Waals surface area contributed by atoms with Crippen LogP contribution in [0.1, 0.15) is 12.5 Å². The Kier molecular flexibility index (Phi) is 3.70. The molecule has 19 heavy (non-hydrogen) atoms. The van der Waals surface area contributed by atoms with Crippen LogP contribution in [0.5, 0.6) is 0 Å². The normalized spacial score (nSPS) is 21.8. The van der Waals surface area contributed by atoms with E-state index in [2.05, 4.69) is 15.0 Å². The summed E-state index contributed by atoms with van der Waals surface area (Å²) >= 11 is 5.97. The molecule has 7 nitrogen and oxygen atoms in total. The number of aliphatic hydroxyl groups excluding tert-OH is 1. The molecule has 2 unspecified atom stereocenters. The lowest BCUT2D eigenvalue weighted by atomic mass is 10.1. The second-order valence-corrected chi connectivity index (χ2v) is 4.69. The van der Waals surface area contributed by atoms with Crippen LogP contribution in [0.25, 0.3) is 11.2 Å². The van der Waals surface area contributed by atoms with E-state index in [1.54, 1.807) is 6.33 Å². The van der Waals surface area contributed by atoms with Crippen molar-refractivity contribution in [1.82, 2.24) is 19.5 Å². The van der Waals surface area contributed by atoms with Gasteiger partial charge in [0.2, 0.25) is 5.95 Å². The van der Waals surface area contributed by atoms with Crippen molar-refractivity contribution in [3.05, 3.63) is 23.6 Å². The van der Waals surface area contributed by atoms with Gasteiger partial charge in [0.1, 0.15) is 5.52 Å². The van der Waals surface area contributed by atoms with Gasteiger partial charge in [0.05, 0.1) is 12.4 Å². The number of aromatic nitrogens is 4. The average molecular weight is 284 g/mol. The van der Waals surface area contributed by atoms with Gasteiger partial charge in [-0.3, -0.25) is 0 Å². The van der Waals surface area contributed by atoms with Crippen molar-refractivity contribution in [2.24, 2.45) is 5.92 Å². The first-order chi connectivity index (χ1) is 8.69. The van der Waals surface area contributed by atoms with Gasteiger partial charge >= 0.3 is 0 Å². The van der Waals surface area contributed by atoms with Crippen LogP contribution in [0, 0.1) is 5.92 Å². The summed E-state index contributed by atoms with van der Waals surface area (Å²) in [6, 6.07) is 0.123. The molecule has 1 aliphatic rings. The van der Waals surface area contributed by atoms with Gasteiger partial charge in [0.25, 0.3) is 0 Å². The van der Waals surface area contributed by atoms with E-state index < -0.39 is 0 Å². The predicted molar refractivity (Wildman–Crippen MR) is 71.7 cm³/mol. The van der Waals surface area contributed by atoms with E-state index in [1.807, 2.05) is 16.7 Å². The number of anilines is 1. The summed E-state index contributed by atoms with van der Waals surface area (Å²) in [5.74, 6) is 0.317. The number of rotatable bonds is 2. The van der Waals surface area contributed by atoms with Gasteiger partial charge in [-0.2, -0.15) is 9.97 Å². The largest absolute Gasteiger partial charge is 0.412 e. The van der Waals surface area contributed by atoms with Crippen molar-refractivity contribution < 1.29 is 10.6 Å². The van der Waals surface area contributed by atoms with Gasteiger partial charge < -0.3 is 20.9 Å². The molecule has 0 aliphatic heterocycles. The fourth-order valence-electron chi connectivity index (χ4n) is 2.23. The third kappa shape index (κ3) is 2.27. The molecule has 102 valence electrons. The lowest BCUT2D eigenvalue weighted by Crippen LogP contribution is -2.08. The maximum Gasteiger partial charge on any atom is 0.223 e. The zero-order chi connectivity index (χ0) is 12.7. The van der Waals surface area contributed by atoms with Crippen LogP contribution in [0.2, 0.25) is 5.15 Å². The van der Waals surface area contributed by atoms with Crippen LogP contribution in [0.4, 0.5) is 5.95 Å². The molecule has 2 aromatic heterocycles. The third-order valence-corrected chi connectivity index (χ3v) is 3.40. The molecular weight excluding hydrogens is 270 g/mol. The van der Waals surface area contributed by atoms with Crippen molar-refractivity contribution in [3.8, 4) is 0 Å². The molecule has 2 atom stereocenters. The van der Waals surface area contributed by atoms with Crippen molar-refractivity contribution >= 4 is 28.7 Å². The highest BCUT2D eigenvalue weighted by Gasteiger charge is 2.22. The van der Waals surface area contributed by atoms with Crippen LogP contribution in [0.3, 0.4) is 0 Å². The highest BCUT2D eigenvalue weighted by molar-refractivity contribution is 6.33. The zero-order valence-electron chi connectivity index (χ0n) is 9.99. The van der Waals surface area contributed by atoms with E-state index in [9.17, 15) is 0 Å². The lowest BCUT2D eigenvalue weighted by molar-refractivity contribution is 0.244. The number of nitrogens with zero attached hydrogens (tertiary/aromatic N) is 4. The monoisotopic (exact) mass is 283 g/mol. The van der Waals surface area contributed by atoms with E-state index in [4.69, 9.17) is 22.4 Å². The highest BCUT2D eigenvalue weighted by Crippen LogP contribution is 2.30. The first-order valence-electron chi connectivity index (χ1n) is 5.63. The summed E-state index contributed by atoms with van der Waals surface area (Å²) in [6.07, 6.45) is 6.54. The molecule has 0 saturated carbocycles. The minimum Gasteiger partial charge on any atom is -0.412 e. The molecule has 2 aromatic rings. The maximum atomic E-state index is 9.14. The Morgan fingerprint density at radius 2 is 2.21 bits per heavy atom. The van der Waals surface area contributed by atoms with E-state index in [0.717, 1.165) is 6.42 Å². The number of hydrogen-bond acceptors (Lipinski definition) is 5. The molecular formula is C11H14ClN5O2. The van der Waals surface area contributed by atoms with E-state index in [-0.39, 0.29) is 35.1 Å². The lowest BCUT2D eigenvalue weighted by Gasteiger charge is -2.12. The number of fused-ring (bicyclic) bond motifs is 1. The number of nitrogens with two attached hydrogens (primary N) is 1. The van der Waals surface area contributed by atoms with Crippen LogP contribution < -0.4 is 5.73 Å². The summed E-state index contributed by atoms with van der Waals surface area (Å²) in [7, 11) is 0. The maximum absolute atomic E-state index is 9.14. The van der Waals surface area contributed by atoms with Crippen LogP contribution >= 0.6 is 11.6 Å². The van der Waals surface area contributed by atoms with Crippen LogP contribution in [0.15, 0.2) is 18.5 Å². The molecule has 5 N–H and O–H groups in total. The minimum absolute atomic E-state index is 0. The van der Waals surface area contributed by atoms with Gasteiger partial charge in [0, 0.05) is 12.5 Å². The molecule has 0 radical (unpaired) electrons. The summed E-state index contributed by atoms with van der Waals surface area (Å²) < 4.78 is 1.91. The molecule has 0 fully saturated rings. The molecule has 1 aliphatic carbocycles. The molecule has 0 spiro atoms. The van der Waals surface area contributed by atoms with Crippen molar-refractivity contribution in [2.75, 3.05) is 12.3 Å². The van der Waals surface area contributed by atoms with Gasteiger partial charge in [-0.05, 0) is 6.42 Å². The zero-order valence-corrected chi connectivity index (χ0v) is 10.7. The van der Waals surface area contributed by atoms with Gasteiger partial charge in [-0.15, -0.1) is 0 Å². The highest BCUT2D eigenvalue weighted by atomic mass is 35.5. The number of imidazole rings is 1. The molecule has 8 heteroatoms. The number of nitrogen functional groups attached to an aromatic ring is 1. The summed E-state index contributed by atoms with van der Waals surface area (Å²) in [4.78, 5) is 12.3. The Hall–Kier alpha value is -1.70. The first kappa shape index (κ1) is 13.7. The Balaban J connectivity index is 0.00000133. The van der Waals surface area contributed by atoms with Gasteiger partial charge in [-0.25, -0.2) is 4.98 Å². The van der Waals surface area contributed by atoms with Gasteiger partial charge in [0.15, 0.2) is 10.8 Å². The van der Waals surface area contributed by atoms with Crippen molar-refractivity contribution in [1.29, 1.82) is 0 Å². The third-order valence-electron chi connectivity index (χ3n) is 3.14. The first-order valence-corrected chi connectivity index (χ1v) is 6.01. The average Bonchev–Trinajstić information content (AvgIpc) is 2.93. The summed E-state index contributed by atoms with van der Waals surface area (Å²) in [5, 5.41) is 9.40. The Morgan fingerprint density at radius 3 is 2.89 bits per heavy atom. The molecule has 0 aromatic carbocycles. The van der Waals surface area contributed by atoms with E-state index in [1.165, 1.54) is 0 Å². The van der Waals surface area contributed by atoms with Crippen LogP contribution in [-0.2, 0) is 0 Å². The summed E-state index contributed by atoms with van der Waals surface area (Å²) in [6.45, 7) is 0.150. The molecule has 0 bridgehead atoms. The number of hydrogen-bond donors (Lipinski definition) is 2. The van der Waals surface area contributed by atoms with E-state index in [0.29, 0.717) is 11.2 Å². The fraction of sp³-hybridized carbons (Fsp3) is 0.364. The Bertz CT molecular complexity index is 627. The predicted octanol–water partition coefficient (Wildman–Crippen LogP) is 0.347. The van der Waals surface area contributed by atoms with E-state index >= 15 is 0 Å². The Morgan fingerprint density at radius 1 is 1.42 bits per heavy atom. The molecule has 3 rings (SSSR count). The smallest absolute Gasteiger partial charge is 0.223 e. The molecule has 0 amide bonds. The van der Waals surface area contributed by atoms with Crippen LogP contribution in [-0.4, -0.2) is 36.7 Å².